The van der Waals surface area contributed by atoms with E-state index < -0.39 is 69.0 Å². The van der Waals surface area contributed by atoms with E-state index in [1.165, 1.54) is 37.5 Å². The number of allylic oxidation sites excluding steroid dienone is 4. The molecule has 4 aliphatic rings. The summed E-state index contributed by atoms with van der Waals surface area (Å²) < 4.78 is 43.8. The van der Waals surface area contributed by atoms with Crippen LogP contribution in [0, 0.1) is 28.6 Å². The van der Waals surface area contributed by atoms with Gasteiger partial charge < -0.3 is 14.3 Å². The number of thiol groups is 1. The van der Waals surface area contributed by atoms with Crippen molar-refractivity contribution in [2.45, 2.75) is 63.6 Å². The van der Waals surface area contributed by atoms with Crippen LogP contribution in [0.1, 0.15) is 50.6 Å². The van der Waals surface area contributed by atoms with E-state index in [-0.39, 0.29) is 30.6 Å². The summed E-state index contributed by atoms with van der Waals surface area (Å²) in [6, 6.07) is 2.91. The first kappa shape index (κ1) is 24.4. The average Bonchev–Trinajstić information content (AvgIpc) is 3.39. The zero-order chi connectivity index (χ0) is 25.6. The van der Waals surface area contributed by atoms with Gasteiger partial charge in [0.2, 0.25) is 10.9 Å². The standard InChI is InChI=1S/C26H28F2O6S/c1-13-9-15-16-11-18(27)17-10-14(29)6-7-23(17,2)25(16,28)20(30)12-24(15,3)26(13,22(32)35)34-21(31)19-5-4-8-33-19/h4-8,10,13,15-16,18,20,30H,9,11-12H2,1-3H3,(H,32,35)/t13-,15?,16?,18+,20+,23?,24+,25+,26+/m1/s1. The lowest BCUT2D eigenvalue weighted by atomic mass is 9.44. The lowest BCUT2D eigenvalue weighted by Crippen LogP contribution is -2.70. The third kappa shape index (κ3) is 2.88. The van der Waals surface area contributed by atoms with Crippen LogP contribution in [-0.4, -0.2) is 45.5 Å². The largest absolute Gasteiger partial charge is 0.457 e. The summed E-state index contributed by atoms with van der Waals surface area (Å²) in [5, 5.41) is 10.7. The van der Waals surface area contributed by atoms with Crippen LogP contribution in [0.25, 0.3) is 0 Å². The minimum Gasteiger partial charge on any atom is -0.457 e. The molecule has 3 fully saturated rings. The van der Waals surface area contributed by atoms with Crippen LogP contribution in [0.3, 0.4) is 0 Å². The molecular weight excluding hydrogens is 478 g/mol. The van der Waals surface area contributed by atoms with E-state index in [9.17, 15) is 19.5 Å². The van der Waals surface area contributed by atoms with Gasteiger partial charge in [-0.25, -0.2) is 13.6 Å². The third-order valence-electron chi connectivity index (χ3n) is 9.46. The number of fused-ring (bicyclic) bond motifs is 5. The van der Waals surface area contributed by atoms with Gasteiger partial charge in [0, 0.05) is 22.7 Å². The monoisotopic (exact) mass is 506 g/mol. The molecule has 188 valence electrons. The lowest BCUT2D eigenvalue weighted by molar-refractivity contribution is -0.221. The summed E-state index contributed by atoms with van der Waals surface area (Å²) in [6.45, 7) is 4.93. The van der Waals surface area contributed by atoms with E-state index in [0.717, 1.165) is 6.08 Å². The van der Waals surface area contributed by atoms with Gasteiger partial charge in [0.15, 0.2) is 17.1 Å². The Morgan fingerprint density at radius 1 is 1.26 bits per heavy atom. The fourth-order valence-electron chi connectivity index (χ4n) is 7.83. The van der Waals surface area contributed by atoms with Crippen LogP contribution in [0.2, 0.25) is 0 Å². The highest BCUT2D eigenvalue weighted by molar-refractivity contribution is 7.96. The Hall–Kier alpha value is -2.26. The molecule has 1 heterocycles. The Bertz CT molecular complexity index is 1160. The zero-order valence-electron chi connectivity index (χ0n) is 19.7. The van der Waals surface area contributed by atoms with Crippen LogP contribution in [0.5, 0.6) is 0 Å². The van der Waals surface area contributed by atoms with Crippen molar-refractivity contribution < 1.29 is 37.4 Å². The summed E-state index contributed by atoms with van der Waals surface area (Å²) >= 11 is 4.11. The average molecular weight is 507 g/mol. The second-order valence-electron chi connectivity index (χ2n) is 10.9. The maximum absolute atomic E-state index is 17.3. The number of hydrogen-bond donors (Lipinski definition) is 2. The summed E-state index contributed by atoms with van der Waals surface area (Å²) in [4.78, 5) is 38.0. The summed E-state index contributed by atoms with van der Waals surface area (Å²) in [7, 11) is 0. The number of carbonyl (C=O) groups is 3. The van der Waals surface area contributed by atoms with E-state index in [4.69, 9.17) is 9.15 Å². The Balaban J connectivity index is 1.62. The molecule has 9 heteroatoms. The smallest absolute Gasteiger partial charge is 0.375 e. The molecule has 3 unspecified atom stereocenters. The number of esters is 1. The molecule has 0 radical (unpaired) electrons. The lowest BCUT2D eigenvalue weighted by Gasteiger charge is -2.63. The van der Waals surface area contributed by atoms with Crippen molar-refractivity contribution in [2.24, 2.45) is 28.6 Å². The number of rotatable bonds is 3. The predicted molar refractivity (Wildman–Crippen MR) is 124 cm³/mol. The van der Waals surface area contributed by atoms with Crippen LogP contribution >= 0.6 is 12.6 Å². The fourth-order valence-corrected chi connectivity index (χ4v) is 8.35. The summed E-state index contributed by atoms with van der Waals surface area (Å²) in [5.74, 6) is -3.57. The van der Waals surface area contributed by atoms with Gasteiger partial charge in [-0.05, 0) is 62.0 Å². The van der Waals surface area contributed by atoms with E-state index >= 15 is 8.78 Å². The van der Waals surface area contributed by atoms with Crippen molar-refractivity contribution in [3.8, 4) is 0 Å². The third-order valence-corrected chi connectivity index (χ3v) is 9.79. The molecule has 3 saturated carbocycles. The van der Waals surface area contributed by atoms with Gasteiger partial charge in [-0.2, -0.15) is 0 Å². The number of halogens is 2. The van der Waals surface area contributed by atoms with Crippen molar-refractivity contribution in [3.63, 3.8) is 0 Å². The zero-order valence-corrected chi connectivity index (χ0v) is 20.6. The molecule has 0 amide bonds. The number of ether oxygens (including phenoxy) is 1. The van der Waals surface area contributed by atoms with E-state index in [1.807, 2.05) is 0 Å². The molecule has 5 rings (SSSR count). The number of furan rings is 1. The second-order valence-corrected chi connectivity index (χ2v) is 11.3. The molecule has 0 spiro atoms. The highest BCUT2D eigenvalue weighted by Crippen LogP contribution is 2.71. The van der Waals surface area contributed by atoms with Gasteiger partial charge in [-0.15, -0.1) is 12.6 Å². The summed E-state index contributed by atoms with van der Waals surface area (Å²) in [5.41, 5.74) is -6.80. The maximum atomic E-state index is 17.3. The van der Waals surface area contributed by atoms with E-state index in [1.54, 1.807) is 13.8 Å². The SMILES string of the molecule is C[C@@H]1CC2C3C[C@H](F)C4=CC(=O)C=CC4(C)[C@@]3(F)[C@@H](O)C[C@]2(C)[C@@]1(OC(=O)c1ccco1)C(=O)S. The van der Waals surface area contributed by atoms with Crippen molar-refractivity contribution in [3.05, 3.63) is 48.0 Å². The molecule has 0 saturated heterocycles. The quantitative estimate of drug-likeness (QED) is 0.472. The van der Waals surface area contributed by atoms with Gasteiger partial charge in [0.1, 0.15) is 6.17 Å². The highest BCUT2D eigenvalue weighted by atomic mass is 32.1. The van der Waals surface area contributed by atoms with E-state index in [0.29, 0.717) is 0 Å². The molecule has 9 atom stereocenters. The van der Waals surface area contributed by atoms with Crippen molar-refractivity contribution in [1.29, 1.82) is 0 Å². The summed E-state index contributed by atoms with van der Waals surface area (Å²) in [6.07, 6.45) is 1.58. The first-order valence-electron chi connectivity index (χ1n) is 11.8. The maximum Gasteiger partial charge on any atom is 0.375 e. The molecule has 0 bridgehead atoms. The predicted octanol–water partition coefficient (Wildman–Crippen LogP) is 4.20. The van der Waals surface area contributed by atoms with Gasteiger partial charge in [-0.3, -0.25) is 9.59 Å². The van der Waals surface area contributed by atoms with Crippen LogP contribution in [0.15, 0.2) is 46.6 Å². The molecule has 1 aromatic heterocycles. The van der Waals surface area contributed by atoms with Gasteiger partial charge in [-0.1, -0.05) is 19.9 Å². The number of carbonyl (C=O) groups excluding carboxylic acids is 3. The van der Waals surface area contributed by atoms with E-state index in [2.05, 4.69) is 12.6 Å². The van der Waals surface area contributed by atoms with Crippen LogP contribution in [0.4, 0.5) is 8.78 Å². The van der Waals surface area contributed by atoms with Gasteiger partial charge >= 0.3 is 5.97 Å². The van der Waals surface area contributed by atoms with Crippen LogP contribution < -0.4 is 0 Å². The molecule has 6 nitrogen and oxygen atoms in total. The molecule has 0 aromatic carbocycles. The number of hydrogen-bond acceptors (Lipinski definition) is 6. The topological polar surface area (TPSA) is 93.8 Å². The molecule has 35 heavy (non-hydrogen) atoms. The Morgan fingerprint density at radius 2 is 1.97 bits per heavy atom. The van der Waals surface area contributed by atoms with Crippen LogP contribution in [-0.2, 0) is 14.3 Å². The van der Waals surface area contributed by atoms with Gasteiger partial charge in [0.25, 0.3) is 0 Å². The number of aliphatic hydroxyl groups excluding tert-OH is 1. The minimum atomic E-state index is -2.29. The fraction of sp³-hybridized carbons (Fsp3) is 0.577. The number of ketones is 1. The number of aliphatic hydroxyl groups is 1. The first-order chi connectivity index (χ1) is 16.3. The van der Waals surface area contributed by atoms with Crippen molar-refractivity contribution in [1.82, 2.24) is 0 Å². The highest BCUT2D eigenvalue weighted by Gasteiger charge is 2.78. The Labute approximate surface area is 207 Å². The van der Waals surface area contributed by atoms with Crippen molar-refractivity contribution in [2.75, 3.05) is 0 Å². The Kier molecular flexibility index (Phi) is 5.32. The minimum absolute atomic E-state index is 0.0261. The second kappa shape index (κ2) is 7.62. The number of alkyl halides is 2. The molecule has 4 aliphatic carbocycles. The van der Waals surface area contributed by atoms with Crippen molar-refractivity contribution >= 4 is 29.5 Å². The van der Waals surface area contributed by atoms with Gasteiger partial charge in [0.05, 0.1) is 12.4 Å². The molecule has 1 N–H and O–H groups in total. The molecular formula is C26H28F2O6S. The molecule has 0 aliphatic heterocycles. The normalized spacial score (nSPS) is 46.3. The first-order valence-corrected chi connectivity index (χ1v) is 12.2. The molecule has 1 aromatic rings. The Morgan fingerprint density at radius 3 is 2.60 bits per heavy atom.